The highest BCUT2D eigenvalue weighted by Crippen LogP contribution is 2.32. The molecule has 0 saturated heterocycles. The molecular weight excluding hydrogens is 320 g/mol. The van der Waals surface area contributed by atoms with Gasteiger partial charge in [-0.15, -0.1) is 0 Å². The standard InChI is InChI=1S/C19H26N2O4/c1-2-20-17(22)12-21-18(23)13-25-19(24)16-10-8-15(9-11-16)14-6-4-3-5-7-14/h8-11,14H,2-7,12-13H2,1H3,(H,20,22)(H,21,23). The van der Waals surface area contributed by atoms with Crippen molar-refractivity contribution in [1.29, 1.82) is 0 Å². The predicted octanol–water partition coefficient (Wildman–Crippen LogP) is 2.14. The molecule has 25 heavy (non-hydrogen) atoms. The lowest BCUT2D eigenvalue weighted by atomic mass is 9.84. The van der Waals surface area contributed by atoms with Gasteiger partial charge in [-0.1, -0.05) is 31.4 Å². The summed E-state index contributed by atoms with van der Waals surface area (Å²) in [6.45, 7) is 1.77. The minimum absolute atomic E-state index is 0.125. The average molecular weight is 346 g/mol. The van der Waals surface area contributed by atoms with Gasteiger partial charge in [-0.05, 0) is 43.4 Å². The first-order valence-corrected chi connectivity index (χ1v) is 8.90. The zero-order valence-corrected chi connectivity index (χ0v) is 14.7. The number of carbonyl (C=O) groups is 3. The zero-order chi connectivity index (χ0) is 18.1. The molecule has 2 N–H and O–H groups in total. The van der Waals surface area contributed by atoms with Crippen LogP contribution >= 0.6 is 0 Å². The highest BCUT2D eigenvalue weighted by Gasteiger charge is 2.16. The molecule has 1 aromatic carbocycles. The third-order valence-electron chi connectivity index (χ3n) is 4.38. The van der Waals surface area contributed by atoms with Crippen molar-refractivity contribution < 1.29 is 19.1 Å². The average Bonchev–Trinajstić information content (AvgIpc) is 2.65. The van der Waals surface area contributed by atoms with Gasteiger partial charge in [0.25, 0.3) is 5.91 Å². The van der Waals surface area contributed by atoms with Crippen LogP contribution in [0.3, 0.4) is 0 Å². The summed E-state index contributed by atoms with van der Waals surface area (Å²) in [5.41, 5.74) is 1.69. The number of likely N-dealkylation sites (N-methyl/N-ethyl adjacent to an activating group) is 1. The van der Waals surface area contributed by atoms with Crippen molar-refractivity contribution in [3.05, 3.63) is 35.4 Å². The number of carbonyl (C=O) groups excluding carboxylic acids is 3. The maximum Gasteiger partial charge on any atom is 0.338 e. The number of amides is 2. The SMILES string of the molecule is CCNC(=O)CNC(=O)COC(=O)c1ccc(C2CCCCC2)cc1. The Balaban J connectivity index is 1.76. The van der Waals surface area contributed by atoms with Crippen LogP contribution in [0.5, 0.6) is 0 Å². The fourth-order valence-corrected chi connectivity index (χ4v) is 3.03. The van der Waals surface area contributed by atoms with Crippen molar-refractivity contribution in [2.45, 2.75) is 44.9 Å². The van der Waals surface area contributed by atoms with E-state index in [0.717, 1.165) is 0 Å². The number of hydrogen-bond acceptors (Lipinski definition) is 4. The fraction of sp³-hybridized carbons (Fsp3) is 0.526. The van der Waals surface area contributed by atoms with Crippen molar-refractivity contribution in [2.24, 2.45) is 0 Å². The maximum absolute atomic E-state index is 12.0. The van der Waals surface area contributed by atoms with Gasteiger partial charge in [0.2, 0.25) is 5.91 Å². The quantitative estimate of drug-likeness (QED) is 0.741. The van der Waals surface area contributed by atoms with Gasteiger partial charge in [-0.3, -0.25) is 9.59 Å². The Bertz CT molecular complexity index is 592. The normalized spacial score (nSPS) is 14.6. The molecule has 0 spiro atoms. The zero-order valence-electron chi connectivity index (χ0n) is 14.7. The third-order valence-corrected chi connectivity index (χ3v) is 4.38. The van der Waals surface area contributed by atoms with E-state index < -0.39 is 18.5 Å². The van der Waals surface area contributed by atoms with Crippen molar-refractivity contribution in [1.82, 2.24) is 10.6 Å². The minimum Gasteiger partial charge on any atom is -0.452 e. The van der Waals surface area contributed by atoms with Gasteiger partial charge in [-0.25, -0.2) is 4.79 Å². The molecule has 1 saturated carbocycles. The summed E-state index contributed by atoms with van der Waals surface area (Å²) >= 11 is 0. The number of hydrogen-bond donors (Lipinski definition) is 2. The third kappa shape index (κ3) is 6.21. The van der Waals surface area contributed by atoms with E-state index in [1.165, 1.54) is 37.7 Å². The second-order valence-electron chi connectivity index (χ2n) is 6.26. The molecule has 0 heterocycles. The molecule has 1 aliphatic carbocycles. The van der Waals surface area contributed by atoms with Gasteiger partial charge >= 0.3 is 5.97 Å². The van der Waals surface area contributed by atoms with Crippen LogP contribution in [0.1, 0.15) is 60.9 Å². The molecule has 0 unspecified atom stereocenters. The van der Waals surface area contributed by atoms with Crippen LogP contribution in [0.2, 0.25) is 0 Å². The highest BCUT2D eigenvalue weighted by molar-refractivity contribution is 5.92. The van der Waals surface area contributed by atoms with E-state index in [1.54, 1.807) is 19.1 Å². The molecule has 1 aromatic rings. The van der Waals surface area contributed by atoms with E-state index in [4.69, 9.17) is 4.74 Å². The van der Waals surface area contributed by atoms with Crippen LogP contribution < -0.4 is 10.6 Å². The van der Waals surface area contributed by atoms with Crippen molar-refractivity contribution in [2.75, 3.05) is 19.7 Å². The van der Waals surface area contributed by atoms with Gasteiger partial charge in [0, 0.05) is 6.54 Å². The lowest BCUT2D eigenvalue weighted by molar-refractivity contribution is -0.127. The Labute approximate surface area is 148 Å². The molecule has 0 bridgehead atoms. The lowest BCUT2D eigenvalue weighted by Gasteiger charge is -2.21. The number of benzene rings is 1. The number of rotatable bonds is 7. The molecule has 2 rings (SSSR count). The molecule has 6 nitrogen and oxygen atoms in total. The summed E-state index contributed by atoms with van der Waals surface area (Å²) in [5.74, 6) is -0.735. The van der Waals surface area contributed by atoms with E-state index in [0.29, 0.717) is 18.0 Å². The molecule has 0 aliphatic heterocycles. The van der Waals surface area contributed by atoms with Gasteiger partial charge in [0.1, 0.15) is 0 Å². The van der Waals surface area contributed by atoms with Gasteiger partial charge < -0.3 is 15.4 Å². The molecule has 6 heteroatoms. The van der Waals surface area contributed by atoms with Crippen molar-refractivity contribution in [3.8, 4) is 0 Å². The summed E-state index contributed by atoms with van der Waals surface area (Å²) in [7, 11) is 0. The smallest absolute Gasteiger partial charge is 0.338 e. The number of ether oxygens (including phenoxy) is 1. The van der Waals surface area contributed by atoms with E-state index in [2.05, 4.69) is 10.6 Å². The van der Waals surface area contributed by atoms with Crippen LogP contribution in [-0.4, -0.2) is 37.5 Å². The van der Waals surface area contributed by atoms with E-state index in [-0.39, 0.29) is 12.5 Å². The molecule has 0 atom stereocenters. The van der Waals surface area contributed by atoms with E-state index >= 15 is 0 Å². The summed E-state index contributed by atoms with van der Waals surface area (Å²) in [4.78, 5) is 34.8. The Morgan fingerprint density at radius 1 is 1.00 bits per heavy atom. The monoisotopic (exact) mass is 346 g/mol. The number of esters is 1. The first-order chi connectivity index (χ1) is 12.1. The molecule has 0 radical (unpaired) electrons. The first-order valence-electron chi connectivity index (χ1n) is 8.90. The van der Waals surface area contributed by atoms with Crippen LogP contribution in [0, 0.1) is 0 Å². The van der Waals surface area contributed by atoms with E-state index in [1.807, 2.05) is 12.1 Å². The van der Waals surface area contributed by atoms with Crippen LogP contribution in [0.4, 0.5) is 0 Å². The molecule has 1 fully saturated rings. The second kappa shape index (κ2) is 9.81. The topological polar surface area (TPSA) is 84.5 Å². The summed E-state index contributed by atoms with van der Waals surface area (Å²) in [6, 6.07) is 7.45. The Morgan fingerprint density at radius 2 is 1.68 bits per heavy atom. The maximum atomic E-state index is 12.0. The fourth-order valence-electron chi connectivity index (χ4n) is 3.03. The summed E-state index contributed by atoms with van der Waals surface area (Å²) < 4.78 is 4.98. The Hall–Kier alpha value is -2.37. The molecule has 2 amide bonds. The van der Waals surface area contributed by atoms with Crippen LogP contribution in [0.25, 0.3) is 0 Å². The minimum atomic E-state index is -0.539. The summed E-state index contributed by atoms with van der Waals surface area (Å²) in [5, 5.41) is 4.96. The second-order valence-corrected chi connectivity index (χ2v) is 6.26. The predicted molar refractivity (Wildman–Crippen MR) is 94.2 cm³/mol. The molecule has 0 aromatic heterocycles. The highest BCUT2D eigenvalue weighted by atomic mass is 16.5. The van der Waals surface area contributed by atoms with Crippen LogP contribution in [-0.2, 0) is 14.3 Å². The van der Waals surface area contributed by atoms with Gasteiger partial charge in [0.05, 0.1) is 12.1 Å². The molecule has 1 aliphatic rings. The van der Waals surface area contributed by atoms with E-state index in [9.17, 15) is 14.4 Å². The first kappa shape index (κ1) is 19.0. The Morgan fingerprint density at radius 3 is 2.32 bits per heavy atom. The van der Waals surface area contributed by atoms with Crippen molar-refractivity contribution in [3.63, 3.8) is 0 Å². The van der Waals surface area contributed by atoms with Gasteiger partial charge in [-0.2, -0.15) is 0 Å². The summed E-state index contributed by atoms with van der Waals surface area (Å²) in [6.07, 6.45) is 6.24. The molecule has 136 valence electrons. The number of nitrogens with one attached hydrogen (secondary N) is 2. The van der Waals surface area contributed by atoms with Crippen molar-refractivity contribution >= 4 is 17.8 Å². The lowest BCUT2D eigenvalue weighted by Crippen LogP contribution is -2.38. The van der Waals surface area contributed by atoms with Crippen LogP contribution in [0.15, 0.2) is 24.3 Å². The largest absolute Gasteiger partial charge is 0.452 e. The van der Waals surface area contributed by atoms with Gasteiger partial charge in [0.15, 0.2) is 6.61 Å². The molecular formula is C19H26N2O4. The Kier molecular flexibility index (Phi) is 7.44.